The minimum atomic E-state index is 0.129. The average Bonchev–Trinajstić information content (AvgIpc) is 2.32. The van der Waals surface area contributed by atoms with Gasteiger partial charge in [0.1, 0.15) is 0 Å². The summed E-state index contributed by atoms with van der Waals surface area (Å²) in [7, 11) is 0. The molecule has 0 unspecified atom stereocenters. The highest BCUT2D eigenvalue weighted by Gasteiger charge is 2.19. The Labute approximate surface area is 96.0 Å². The molecular weight excluding hydrogens is 202 g/mol. The van der Waals surface area contributed by atoms with Crippen molar-refractivity contribution >= 4 is 5.91 Å². The minimum Gasteiger partial charge on any atom is -0.378 e. The van der Waals surface area contributed by atoms with Gasteiger partial charge in [0.25, 0.3) is 5.91 Å². The van der Waals surface area contributed by atoms with Crippen LogP contribution in [0.5, 0.6) is 0 Å². The molecule has 0 spiro atoms. The van der Waals surface area contributed by atoms with E-state index >= 15 is 0 Å². The van der Waals surface area contributed by atoms with Crippen molar-refractivity contribution < 1.29 is 9.53 Å². The number of nitrogens with zero attached hydrogens (tertiary/aromatic N) is 1. The van der Waals surface area contributed by atoms with Gasteiger partial charge in [-0.05, 0) is 25.5 Å². The van der Waals surface area contributed by atoms with Gasteiger partial charge in [-0.3, -0.25) is 4.79 Å². The van der Waals surface area contributed by atoms with Crippen LogP contribution in [-0.4, -0.2) is 37.1 Å². The number of morpholine rings is 1. The Bertz CT molecular complexity index is 395. The van der Waals surface area contributed by atoms with Crippen LogP contribution in [0, 0.1) is 13.8 Å². The summed E-state index contributed by atoms with van der Waals surface area (Å²) in [5.74, 6) is 0.129. The highest BCUT2D eigenvalue weighted by atomic mass is 16.5. The summed E-state index contributed by atoms with van der Waals surface area (Å²) in [6.07, 6.45) is 0. The van der Waals surface area contributed by atoms with Crippen LogP contribution in [0.25, 0.3) is 0 Å². The Balaban J connectivity index is 2.22. The fraction of sp³-hybridized carbons (Fsp3) is 0.462. The van der Waals surface area contributed by atoms with E-state index in [1.54, 1.807) is 0 Å². The zero-order chi connectivity index (χ0) is 11.5. The maximum absolute atomic E-state index is 12.2. The highest BCUT2D eigenvalue weighted by Crippen LogP contribution is 2.14. The molecule has 1 heterocycles. The molecular formula is C13H17NO2. The molecule has 0 aromatic heterocycles. The first-order valence-corrected chi connectivity index (χ1v) is 5.63. The van der Waals surface area contributed by atoms with E-state index in [-0.39, 0.29) is 5.91 Å². The van der Waals surface area contributed by atoms with Crippen molar-refractivity contribution in [3.05, 3.63) is 34.9 Å². The van der Waals surface area contributed by atoms with Crippen molar-refractivity contribution in [1.29, 1.82) is 0 Å². The molecule has 1 aromatic rings. The smallest absolute Gasteiger partial charge is 0.254 e. The number of hydrogen-bond acceptors (Lipinski definition) is 2. The Kier molecular flexibility index (Phi) is 3.25. The van der Waals surface area contributed by atoms with Crippen molar-refractivity contribution in [2.45, 2.75) is 13.8 Å². The predicted molar refractivity (Wildman–Crippen MR) is 62.6 cm³/mol. The third-order valence-corrected chi connectivity index (χ3v) is 2.92. The molecule has 0 bridgehead atoms. The quantitative estimate of drug-likeness (QED) is 0.720. The molecule has 0 saturated carbocycles. The van der Waals surface area contributed by atoms with Crippen molar-refractivity contribution in [1.82, 2.24) is 4.90 Å². The number of hydrogen-bond donors (Lipinski definition) is 0. The number of amides is 1. The van der Waals surface area contributed by atoms with Gasteiger partial charge in [-0.2, -0.15) is 0 Å². The van der Waals surface area contributed by atoms with Crippen LogP contribution < -0.4 is 0 Å². The second-order valence-electron chi connectivity index (χ2n) is 4.22. The van der Waals surface area contributed by atoms with Gasteiger partial charge in [0.05, 0.1) is 13.2 Å². The maximum Gasteiger partial charge on any atom is 0.254 e. The lowest BCUT2D eigenvalue weighted by molar-refractivity contribution is 0.0302. The van der Waals surface area contributed by atoms with E-state index in [4.69, 9.17) is 4.74 Å². The van der Waals surface area contributed by atoms with Gasteiger partial charge in [-0.15, -0.1) is 0 Å². The van der Waals surface area contributed by atoms with Crippen LogP contribution in [0.3, 0.4) is 0 Å². The Morgan fingerprint density at radius 3 is 2.62 bits per heavy atom. The largest absolute Gasteiger partial charge is 0.378 e. The van der Waals surface area contributed by atoms with E-state index in [9.17, 15) is 4.79 Å². The Morgan fingerprint density at radius 1 is 1.25 bits per heavy atom. The number of carbonyl (C=O) groups is 1. The molecule has 0 radical (unpaired) electrons. The summed E-state index contributed by atoms with van der Waals surface area (Å²) < 4.78 is 5.25. The monoisotopic (exact) mass is 219 g/mol. The third kappa shape index (κ3) is 2.25. The van der Waals surface area contributed by atoms with Crippen LogP contribution in [-0.2, 0) is 4.74 Å². The second-order valence-corrected chi connectivity index (χ2v) is 4.22. The number of ether oxygens (including phenoxy) is 1. The highest BCUT2D eigenvalue weighted by molar-refractivity contribution is 5.95. The number of carbonyl (C=O) groups excluding carboxylic acids is 1. The number of benzene rings is 1. The van der Waals surface area contributed by atoms with Gasteiger partial charge >= 0.3 is 0 Å². The molecule has 1 fully saturated rings. The first-order valence-electron chi connectivity index (χ1n) is 5.63. The molecule has 16 heavy (non-hydrogen) atoms. The summed E-state index contributed by atoms with van der Waals surface area (Å²) in [5, 5.41) is 0. The number of aryl methyl sites for hydroxylation is 2. The van der Waals surface area contributed by atoms with Crippen molar-refractivity contribution in [3.8, 4) is 0 Å². The van der Waals surface area contributed by atoms with Crippen molar-refractivity contribution in [2.24, 2.45) is 0 Å². The van der Waals surface area contributed by atoms with Crippen molar-refractivity contribution in [3.63, 3.8) is 0 Å². The zero-order valence-corrected chi connectivity index (χ0v) is 9.82. The van der Waals surface area contributed by atoms with Gasteiger partial charge in [-0.25, -0.2) is 0 Å². The molecule has 0 atom stereocenters. The maximum atomic E-state index is 12.2. The SMILES string of the molecule is Cc1ccc(C)c(C(=O)N2CCOCC2)c1. The molecule has 0 N–H and O–H groups in total. The van der Waals surface area contributed by atoms with Crippen LogP contribution in [0.2, 0.25) is 0 Å². The van der Waals surface area contributed by atoms with Gasteiger partial charge in [0.2, 0.25) is 0 Å². The molecule has 0 aliphatic carbocycles. The summed E-state index contributed by atoms with van der Waals surface area (Å²) in [5.41, 5.74) is 2.99. The summed E-state index contributed by atoms with van der Waals surface area (Å²) in [6.45, 7) is 6.69. The van der Waals surface area contributed by atoms with Gasteiger partial charge in [0.15, 0.2) is 0 Å². The third-order valence-electron chi connectivity index (χ3n) is 2.92. The minimum absolute atomic E-state index is 0.129. The Hall–Kier alpha value is -1.35. The molecule has 1 amide bonds. The fourth-order valence-electron chi connectivity index (χ4n) is 1.90. The molecule has 1 aromatic carbocycles. The normalized spacial score (nSPS) is 16.2. The van der Waals surface area contributed by atoms with Crippen LogP contribution in [0.15, 0.2) is 18.2 Å². The lowest BCUT2D eigenvalue weighted by atomic mass is 10.0. The van der Waals surface area contributed by atoms with Gasteiger partial charge in [0, 0.05) is 18.7 Å². The molecule has 86 valence electrons. The Morgan fingerprint density at radius 2 is 1.94 bits per heavy atom. The van der Waals surface area contributed by atoms with E-state index in [1.165, 1.54) is 0 Å². The van der Waals surface area contributed by atoms with Crippen LogP contribution in [0.4, 0.5) is 0 Å². The summed E-state index contributed by atoms with van der Waals surface area (Å²) in [4.78, 5) is 14.1. The molecule has 3 nitrogen and oxygen atoms in total. The lowest BCUT2D eigenvalue weighted by Crippen LogP contribution is -2.40. The number of rotatable bonds is 1. The molecule has 1 aliphatic heterocycles. The second kappa shape index (κ2) is 4.66. The zero-order valence-electron chi connectivity index (χ0n) is 9.82. The van der Waals surface area contributed by atoms with Crippen molar-refractivity contribution in [2.75, 3.05) is 26.3 Å². The van der Waals surface area contributed by atoms with E-state index in [1.807, 2.05) is 36.9 Å². The molecule has 1 aliphatic rings. The first kappa shape index (κ1) is 11.1. The topological polar surface area (TPSA) is 29.5 Å². The van der Waals surface area contributed by atoms with Gasteiger partial charge < -0.3 is 9.64 Å². The first-order chi connectivity index (χ1) is 7.68. The fourth-order valence-corrected chi connectivity index (χ4v) is 1.90. The molecule has 3 heteroatoms. The van der Waals surface area contributed by atoms with E-state index in [0.717, 1.165) is 16.7 Å². The predicted octanol–water partition coefficient (Wildman–Crippen LogP) is 1.78. The van der Waals surface area contributed by atoms with E-state index in [2.05, 4.69) is 0 Å². The van der Waals surface area contributed by atoms with Crippen LogP contribution in [0.1, 0.15) is 21.5 Å². The standard InChI is InChI=1S/C13H17NO2/c1-10-3-4-11(2)12(9-10)13(15)14-5-7-16-8-6-14/h3-4,9H,5-8H2,1-2H3. The summed E-state index contributed by atoms with van der Waals surface area (Å²) >= 11 is 0. The molecule has 1 saturated heterocycles. The molecule has 2 rings (SSSR count). The van der Waals surface area contributed by atoms with Crippen LogP contribution >= 0.6 is 0 Å². The van der Waals surface area contributed by atoms with E-state index in [0.29, 0.717) is 26.3 Å². The average molecular weight is 219 g/mol. The summed E-state index contributed by atoms with van der Waals surface area (Å²) in [6, 6.07) is 6.00. The van der Waals surface area contributed by atoms with Gasteiger partial charge in [-0.1, -0.05) is 17.7 Å². The lowest BCUT2D eigenvalue weighted by Gasteiger charge is -2.27. The van der Waals surface area contributed by atoms with E-state index < -0.39 is 0 Å².